The Morgan fingerprint density at radius 3 is 2.53 bits per heavy atom. The van der Waals surface area contributed by atoms with Crippen molar-refractivity contribution in [1.29, 1.82) is 0 Å². The van der Waals surface area contributed by atoms with Crippen molar-refractivity contribution in [3.05, 3.63) is 46.1 Å². The molecule has 0 saturated carbocycles. The van der Waals surface area contributed by atoms with Gasteiger partial charge in [-0.05, 0) is 12.5 Å². The summed E-state index contributed by atoms with van der Waals surface area (Å²) in [6.07, 6.45) is 2.68. The number of H-pyrrole nitrogens is 1. The molecule has 1 aromatic carbocycles. The molecule has 19 heavy (non-hydrogen) atoms. The average Bonchev–Trinajstić information content (AvgIpc) is 2.37. The van der Waals surface area contributed by atoms with Gasteiger partial charge in [0.15, 0.2) is 11.6 Å². The van der Waals surface area contributed by atoms with E-state index in [9.17, 15) is 13.2 Å². The van der Waals surface area contributed by atoms with Crippen LogP contribution in [0.1, 0.15) is 18.9 Å². The van der Waals surface area contributed by atoms with Gasteiger partial charge in [-0.15, -0.1) is 0 Å². The molecule has 0 aliphatic heterocycles. The molecule has 1 aromatic heterocycles. The summed E-state index contributed by atoms with van der Waals surface area (Å²) in [6.45, 7) is 1.94. The second-order valence-electron chi connectivity index (χ2n) is 4.06. The second kappa shape index (κ2) is 5.52. The van der Waals surface area contributed by atoms with E-state index in [1.165, 1.54) is 6.33 Å². The number of hydrogen-bond donors (Lipinski definition) is 1. The summed E-state index contributed by atoms with van der Waals surface area (Å²) in [5.74, 6) is -3.16. The van der Waals surface area contributed by atoms with Crippen molar-refractivity contribution >= 4 is 12.2 Å². The van der Waals surface area contributed by atoms with E-state index >= 15 is 0 Å². The Labute approximate surface area is 113 Å². The lowest BCUT2D eigenvalue weighted by Crippen LogP contribution is -2.00. The first-order valence-corrected chi connectivity index (χ1v) is 6.17. The molecule has 0 atom stereocenters. The zero-order chi connectivity index (χ0) is 14.0. The van der Waals surface area contributed by atoms with Gasteiger partial charge in [-0.1, -0.05) is 25.6 Å². The molecule has 2 aromatic rings. The molecule has 0 aliphatic rings. The largest absolute Gasteiger partial charge is 0.345 e. The van der Waals surface area contributed by atoms with Crippen molar-refractivity contribution in [1.82, 2.24) is 9.97 Å². The normalized spacial score (nSPS) is 10.7. The van der Waals surface area contributed by atoms with Crippen LogP contribution in [0, 0.1) is 22.1 Å². The molecule has 0 aliphatic carbocycles. The number of rotatable bonds is 3. The summed E-state index contributed by atoms with van der Waals surface area (Å²) >= 11 is 5.09. The predicted octanol–water partition coefficient (Wildman–Crippen LogP) is 4.18. The molecule has 0 spiro atoms. The van der Waals surface area contributed by atoms with Crippen LogP contribution < -0.4 is 0 Å². The van der Waals surface area contributed by atoms with E-state index < -0.39 is 17.5 Å². The van der Waals surface area contributed by atoms with E-state index in [2.05, 4.69) is 9.97 Å². The summed E-state index contributed by atoms with van der Waals surface area (Å²) in [7, 11) is 0. The average molecular weight is 284 g/mol. The van der Waals surface area contributed by atoms with Crippen LogP contribution in [0.25, 0.3) is 11.3 Å². The molecule has 0 amide bonds. The van der Waals surface area contributed by atoms with Crippen molar-refractivity contribution in [2.75, 3.05) is 0 Å². The van der Waals surface area contributed by atoms with Crippen LogP contribution >= 0.6 is 12.2 Å². The third-order valence-electron chi connectivity index (χ3n) is 2.73. The van der Waals surface area contributed by atoms with Gasteiger partial charge >= 0.3 is 0 Å². The van der Waals surface area contributed by atoms with Crippen molar-refractivity contribution < 1.29 is 13.2 Å². The number of nitrogens with one attached hydrogen (secondary N) is 1. The van der Waals surface area contributed by atoms with E-state index in [1.54, 1.807) is 0 Å². The van der Waals surface area contributed by atoms with Crippen LogP contribution in [0.5, 0.6) is 0 Å². The molecule has 0 radical (unpaired) electrons. The van der Waals surface area contributed by atoms with E-state index in [1.807, 2.05) is 6.92 Å². The van der Waals surface area contributed by atoms with Crippen LogP contribution in [-0.4, -0.2) is 9.97 Å². The van der Waals surface area contributed by atoms with E-state index in [4.69, 9.17) is 12.2 Å². The Kier molecular flexibility index (Phi) is 3.99. The minimum Gasteiger partial charge on any atom is -0.345 e. The number of nitrogens with zero attached hydrogens (tertiary/aromatic N) is 1. The van der Waals surface area contributed by atoms with Gasteiger partial charge in [0.1, 0.15) is 10.5 Å². The highest BCUT2D eigenvalue weighted by Crippen LogP contribution is 2.27. The number of benzene rings is 1. The van der Waals surface area contributed by atoms with Crippen LogP contribution in [0.3, 0.4) is 0 Å². The van der Waals surface area contributed by atoms with Gasteiger partial charge in [0.25, 0.3) is 0 Å². The Hall–Kier alpha value is -1.69. The fourth-order valence-corrected chi connectivity index (χ4v) is 2.12. The summed E-state index contributed by atoms with van der Waals surface area (Å²) < 4.78 is 40.3. The maximum Gasteiger partial charge on any atom is 0.161 e. The maximum atomic E-state index is 13.8. The third-order valence-corrected chi connectivity index (χ3v) is 3.08. The van der Waals surface area contributed by atoms with Gasteiger partial charge in [0, 0.05) is 17.2 Å². The smallest absolute Gasteiger partial charge is 0.161 e. The van der Waals surface area contributed by atoms with Gasteiger partial charge in [0.05, 0.1) is 12.0 Å². The molecule has 1 heterocycles. The number of hydrogen-bond acceptors (Lipinski definition) is 2. The fraction of sp³-hybridized carbons (Fsp3) is 0.231. The number of aromatic nitrogens is 2. The Morgan fingerprint density at radius 2 is 1.84 bits per heavy atom. The topological polar surface area (TPSA) is 28.7 Å². The molecule has 0 fully saturated rings. The lowest BCUT2D eigenvalue weighted by molar-refractivity contribution is 0.496. The van der Waals surface area contributed by atoms with Crippen molar-refractivity contribution in [3.8, 4) is 11.3 Å². The zero-order valence-corrected chi connectivity index (χ0v) is 11.0. The zero-order valence-electron chi connectivity index (χ0n) is 10.1. The standard InChI is InChI=1S/C13H11F3N2S/c1-2-3-7-12(17-6-18-13(7)19)8-4-10(15)11(16)5-9(8)14/h4-6H,2-3H2,1H3,(H,17,18,19). The van der Waals surface area contributed by atoms with E-state index in [0.717, 1.165) is 12.5 Å². The summed E-state index contributed by atoms with van der Waals surface area (Å²) in [5, 5.41) is 0. The van der Waals surface area contributed by atoms with Crippen LogP contribution in [0.4, 0.5) is 13.2 Å². The molecular formula is C13H11F3N2S. The third kappa shape index (κ3) is 2.68. The lowest BCUT2D eigenvalue weighted by atomic mass is 10.0. The predicted molar refractivity (Wildman–Crippen MR) is 68.7 cm³/mol. The van der Waals surface area contributed by atoms with Gasteiger partial charge in [-0.25, -0.2) is 18.2 Å². The Balaban J connectivity index is 2.68. The SMILES string of the molecule is CCCc1c(-c2cc(F)c(F)cc2F)[nH]cnc1=S. The van der Waals surface area contributed by atoms with Gasteiger partial charge in [-0.2, -0.15) is 0 Å². The highest BCUT2D eigenvalue weighted by atomic mass is 32.1. The molecule has 0 saturated heterocycles. The molecule has 2 nitrogen and oxygen atoms in total. The summed E-state index contributed by atoms with van der Waals surface area (Å²) in [6, 6.07) is 1.35. The van der Waals surface area contributed by atoms with Crippen molar-refractivity contribution in [2.45, 2.75) is 19.8 Å². The summed E-state index contributed by atoms with van der Waals surface area (Å²) in [4.78, 5) is 6.68. The minimum absolute atomic E-state index is 0.0455. The minimum atomic E-state index is -1.22. The number of halogens is 3. The lowest BCUT2D eigenvalue weighted by Gasteiger charge is -2.10. The molecule has 1 N–H and O–H groups in total. The monoisotopic (exact) mass is 284 g/mol. The van der Waals surface area contributed by atoms with Gasteiger partial charge < -0.3 is 4.98 Å². The molecule has 0 bridgehead atoms. The molecule has 6 heteroatoms. The van der Waals surface area contributed by atoms with Crippen LogP contribution in [0.2, 0.25) is 0 Å². The first-order valence-electron chi connectivity index (χ1n) is 5.76. The first-order chi connectivity index (χ1) is 9.04. The highest BCUT2D eigenvalue weighted by Gasteiger charge is 2.15. The molecular weight excluding hydrogens is 273 g/mol. The molecule has 100 valence electrons. The van der Waals surface area contributed by atoms with Crippen molar-refractivity contribution in [3.63, 3.8) is 0 Å². The van der Waals surface area contributed by atoms with Gasteiger partial charge in [0.2, 0.25) is 0 Å². The highest BCUT2D eigenvalue weighted by molar-refractivity contribution is 7.71. The van der Waals surface area contributed by atoms with E-state index in [-0.39, 0.29) is 5.56 Å². The Bertz CT molecular complexity index is 667. The fourth-order valence-electron chi connectivity index (χ4n) is 1.86. The quantitative estimate of drug-likeness (QED) is 0.676. The Morgan fingerprint density at radius 1 is 1.16 bits per heavy atom. The number of aromatic amines is 1. The van der Waals surface area contributed by atoms with Crippen molar-refractivity contribution in [2.24, 2.45) is 0 Å². The maximum absolute atomic E-state index is 13.8. The molecule has 0 unspecified atom stereocenters. The van der Waals surface area contributed by atoms with Crippen LogP contribution in [0.15, 0.2) is 18.5 Å². The first kappa shape index (κ1) is 13.7. The van der Waals surface area contributed by atoms with Crippen LogP contribution in [-0.2, 0) is 6.42 Å². The molecule has 2 rings (SSSR count). The summed E-state index contributed by atoms with van der Waals surface area (Å²) in [5.41, 5.74) is 0.930. The second-order valence-corrected chi connectivity index (χ2v) is 4.44. The van der Waals surface area contributed by atoms with Gasteiger partial charge in [-0.3, -0.25) is 0 Å². The van der Waals surface area contributed by atoms with E-state index in [0.29, 0.717) is 28.4 Å².